The fraction of sp³-hybridized carbons (Fsp3) is 1.00. The van der Waals surface area contributed by atoms with E-state index in [1.54, 1.807) is 0 Å². The van der Waals surface area contributed by atoms with E-state index < -0.39 is 0 Å². The molecule has 11 heavy (non-hydrogen) atoms. The van der Waals surface area contributed by atoms with Gasteiger partial charge in [0.1, 0.15) is 0 Å². The summed E-state index contributed by atoms with van der Waals surface area (Å²) in [5, 5.41) is 0. The van der Waals surface area contributed by atoms with E-state index in [4.69, 9.17) is 5.73 Å². The predicted octanol–water partition coefficient (Wildman–Crippen LogP) is 2.16. The second kappa shape index (κ2) is 1.82. The Kier molecular flexibility index (Phi) is 1.26. The Labute approximate surface area is 69.4 Å². The maximum Gasteiger partial charge on any atom is 0.0159 e. The van der Waals surface area contributed by atoms with Gasteiger partial charge in [0, 0.05) is 5.54 Å². The quantitative estimate of drug-likeness (QED) is 0.567. The highest BCUT2D eigenvalue weighted by Gasteiger charge is 2.57. The summed E-state index contributed by atoms with van der Waals surface area (Å²) in [6, 6.07) is 0. The molecule has 3 fully saturated rings. The number of hydrogen-bond acceptors (Lipinski definition) is 1. The summed E-state index contributed by atoms with van der Waals surface area (Å²) in [5.74, 6) is 1.76. The average molecular weight is 153 g/mol. The van der Waals surface area contributed by atoms with E-state index in [1.807, 2.05) is 0 Å². The summed E-state index contributed by atoms with van der Waals surface area (Å²) in [7, 11) is 0. The lowest BCUT2D eigenvalue weighted by Crippen LogP contribution is -2.63. The summed E-state index contributed by atoms with van der Waals surface area (Å²) in [6.07, 6.45) is 3.99. The molecule has 0 saturated heterocycles. The molecule has 0 spiro atoms. The van der Waals surface area contributed by atoms with Gasteiger partial charge in [0.25, 0.3) is 0 Å². The van der Waals surface area contributed by atoms with Crippen LogP contribution in [0.4, 0.5) is 0 Å². The number of rotatable bonds is 0. The summed E-state index contributed by atoms with van der Waals surface area (Å²) in [6.45, 7) is 7.00. The summed E-state index contributed by atoms with van der Waals surface area (Å²) < 4.78 is 0. The molecule has 3 saturated carbocycles. The Bertz CT molecular complexity index is 171. The predicted molar refractivity (Wildman–Crippen MR) is 47.2 cm³/mol. The Morgan fingerprint density at radius 1 is 1.27 bits per heavy atom. The van der Waals surface area contributed by atoms with Gasteiger partial charge in [0.15, 0.2) is 0 Å². The molecule has 3 rings (SSSR count). The minimum Gasteiger partial charge on any atom is -0.325 e. The molecule has 3 atom stereocenters. The van der Waals surface area contributed by atoms with Crippen molar-refractivity contribution in [1.82, 2.24) is 0 Å². The third-order valence-electron chi connectivity index (χ3n) is 4.30. The molecule has 0 aromatic heterocycles. The minimum absolute atomic E-state index is 0.137. The number of fused-ring (bicyclic) bond motifs is 2. The van der Waals surface area contributed by atoms with Crippen LogP contribution in [0.15, 0.2) is 0 Å². The largest absolute Gasteiger partial charge is 0.325 e. The lowest BCUT2D eigenvalue weighted by molar-refractivity contribution is -0.111. The normalized spacial score (nSPS) is 53.5. The van der Waals surface area contributed by atoms with Crippen LogP contribution in [0.3, 0.4) is 0 Å². The van der Waals surface area contributed by atoms with Crippen LogP contribution in [0.25, 0.3) is 0 Å². The van der Waals surface area contributed by atoms with Crippen LogP contribution < -0.4 is 5.73 Å². The zero-order valence-corrected chi connectivity index (χ0v) is 7.85. The molecular formula is C10H19N. The molecule has 0 radical (unpaired) electrons. The smallest absolute Gasteiger partial charge is 0.0159 e. The van der Waals surface area contributed by atoms with E-state index in [0.717, 1.165) is 11.8 Å². The second-order valence-corrected chi connectivity index (χ2v) is 5.35. The third-order valence-corrected chi connectivity index (χ3v) is 4.30. The lowest BCUT2D eigenvalue weighted by atomic mass is 9.44. The molecule has 64 valence electrons. The maximum absolute atomic E-state index is 6.23. The molecule has 0 amide bonds. The van der Waals surface area contributed by atoms with Crippen molar-refractivity contribution in [1.29, 1.82) is 0 Å². The van der Waals surface area contributed by atoms with E-state index in [2.05, 4.69) is 20.8 Å². The SMILES string of the molecule is CC1(N)CC[C@@H]2C[C@H]1C2(C)C. The Balaban J connectivity index is 2.23. The van der Waals surface area contributed by atoms with E-state index in [9.17, 15) is 0 Å². The van der Waals surface area contributed by atoms with Gasteiger partial charge in [-0.05, 0) is 43.4 Å². The van der Waals surface area contributed by atoms with Crippen molar-refractivity contribution in [3.63, 3.8) is 0 Å². The van der Waals surface area contributed by atoms with Gasteiger partial charge in [0.2, 0.25) is 0 Å². The first-order chi connectivity index (χ1) is 4.94. The van der Waals surface area contributed by atoms with Crippen molar-refractivity contribution in [3.8, 4) is 0 Å². The molecular weight excluding hydrogens is 134 g/mol. The molecule has 2 N–H and O–H groups in total. The van der Waals surface area contributed by atoms with E-state index in [-0.39, 0.29) is 5.54 Å². The highest BCUT2D eigenvalue weighted by atomic mass is 14.8. The Morgan fingerprint density at radius 3 is 2.18 bits per heavy atom. The zero-order valence-electron chi connectivity index (χ0n) is 7.85. The monoisotopic (exact) mass is 153 g/mol. The molecule has 2 bridgehead atoms. The van der Waals surface area contributed by atoms with Gasteiger partial charge in [0.05, 0.1) is 0 Å². The van der Waals surface area contributed by atoms with Crippen LogP contribution >= 0.6 is 0 Å². The number of nitrogens with two attached hydrogens (primary N) is 1. The van der Waals surface area contributed by atoms with Crippen molar-refractivity contribution in [3.05, 3.63) is 0 Å². The van der Waals surface area contributed by atoms with Gasteiger partial charge in [-0.15, -0.1) is 0 Å². The topological polar surface area (TPSA) is 26.0 Å². The van der Waals surface area contributed by atoms with Gasteiger partial charge in [-0.3, -0.25) is 0 Å². The van der Waals surface area contributed by atoms with Gasteiger partial charge in [-0.1, -0.05) is 13.8 Å². The molecule has 1 nitrogen and oxygen atoms in total. The molecule has 3 aliphatic carbocycles. The van der Waals surface area contributed by atoms with E-state index in [0.29, 0.717) is 5.41 Å². The lowest BCUT2D eigenvalue weighted by Gasteiger charge is -2.63. The van der Waals surface area contributed by atoms with Gasteiger partial charge in [-0.25, -0.2) is 0 Å². The Morgan fingerprint density at radius 2 is 1.91 bits per heavy atom. The molecule has 1 unspecified atom stereocenters. The van der Waals surface area contributed by atoms with Gasteiger partial charge < -0.3 is 5.73 Å². The fourth-order valence-electron chi connectivity index (χ4n) is 3.28. The van der Waals surface area contributed by atoms with Crippen molar-refractivity contribution >= 4 is 0 Å². The van der Waals surface area contributed by atoms with E-state index >= 15 is 0 Å². The van der Waals surface area contributed by atoms with Crippen LogP contribution in [0, 0.1) is 17.3 Å². The highest BCUT2D eigenvalue weighted by Crippen LogP contribution is 2.61. The fourth-order valence-corrected chi connectivity index (χ4v) is 3.28. The van der Waals surface area contributed by atoms with Crippen molar-refractivity contribution in [2.75, 3.05) is 0 Å². The summed E-state index contributed by atoms with van der Waals surface area (Å²) in [4.78, 5) is 0. The first-order valence-corrected chi connectivity index (χ1v) is 4.73. The van der Waals surface area contributed by atoms with Gasteiger partial charge >= 0.3 is 0 Å². The molecule has 0 aromatic rings. The molecule has 0 aromatic carbocycles. The number of hydrogen-bond donors (Lipinski definition) is 1. The Hall–Kier alpha value is -0.0400. The first-order valence-electron chi connectivity index (χ1n) is 4.73. The molecule has 3 aliphatic rings. The average Bonchev–Trinajstić information content (AvgIpc) is 1.84. The van der Waals surface area contributed by atoms with Crippen LogP contribution in [-0.4, -0.2) is 5.54 Å². The van der Waals surface area contributed by atoms with Gasteiger partial charge in [-0.2, -0.15) is 0 Å². The van der Waals surface area contributed by atoms with E-state index in [1.165, 1.54) is 19.3 Å². The van der Waals surface area contributed by atoms with Crippen molar-refractivity contribution in [2.24, 2.45) is 23.0 Å². The molecule has 0 aliphatic heterocycles. The summed E-state index contributed by atoms with van der Waals surface area (Å²) in [5.41, 5.74) is 6.92. The van der Waals surface area contributed by atoms with Crippen LogP contribution in [0.2, 0.25) is 0 Å². The van der Waals surface area contributed by atoms with Crippen molar-refractivity contribution in [2.45, 2.75) is 45.6 Å². The van der Waals surface area contributed by atoms with Crippen molar-refractivity contribution < 1.29 is 0 Å². The standard InChI is InChI=1S/C10H19N/c1-9(2)7-4-5-10(3,11)8(9)6-7/h7-8H,4-6,11H2,1-3H3/t7-,8+,10?/m1/s1. The molecule has 0 heterocycles. The maximum atomic E-state index is 6.23. The summed E-state index contributed by atoms with van der Waals surface area (Å²) >= 11 is 0. The second-order valence-electron chi connectivity index (χ2n) is 5.35. The first kappa shape index (κ1) is 7.60. The highest BCUT2D eigenvalue weighted by molar-refractivity contribution is 5.10. The third kappa shape index (κ3) is 0.807. The van der Waals surface area contributed by atoms with Crippen LogP contribution in [0.1, 0.15) is 40.0 Å². The molecule has 1 heteroatoms. The van der Waals surface area contributed by atoms with Crippen LogP contribution in [-0.2, 0) is 0 Å². The zero-order chi connectivity index (χ0) is 8.28. The van der Waals surface area contributed by atoms with Crippen LogP contribution in [0.5, 0.6) is 0 Å². The minimum atomic E-state index is 0.137.